The highest BCUT2D eigenvalue weighted by Gasteiger charge is 2.33. The first kappa shape index (κ1) is 11.4. The molecular weight excluding hydrogens is 198 g/mol. The smallest absolute Gasteiger partial charge is 0.184 e. The van der Waals surface area contributed by atoms with Crippen LogP contribution in [0, 0.1) is 10.8 Å². The van der Waals surface area contributed by atoms with Crippen LogP contribution in [0.1, 0.15) is 50.8 Å². The summed E-state index contributed by atoms with van der Waals surface area (Å²) in [6, 6.07) is 4.09. The van der Waals surface area contributed by atoms with Gasteiger partial charge in [-0.3, -0.25) is 4.79 Å². The summed E-state index contributed by atoms with van der Waals surface area (Å²) in [4.78, 5) is 12.3. The van der Waals surface area contributed by atoms with Crippen LogP contribution in [-0.4, -0.2) is 10.4 Å². The van der Waals surface area contributed by atoms with Gasteiger partial charge in [-0.05, 0) is 24.0 Å². The lowest BCUT2D eigenvalue weighted by molar-refractivity contribution is 0.0847. The number of fused-ring (bicyclic) bond motifs is 1. The van der Waals surface area contributed by atoms with Crippen LogP contribution < -0.4 is 0 Å². The molecule has 88 valence electrons. The lowest BCUT2D eigenvalue weighted by Gasteiger charge is -2.20. The molecule has 2 rings (SSSR count). The molecule has 2 nitrogen and oxygen atoms in total. The molecule has 0 unspecified atom stereocenters. The summed E-state index contributed by atoms with van der Waals surface area (Å²) >= 11 is 0. The Morgan fingerprint density at radius 1 is 1.31 bits per heavy atom. The van der Waals surface area contributed by atoms with E-state index in [1.54, 1.807) is 0 Å². The molecule has 0 radical (unpaired) electrons. The topological polar surface area (TPSA) is 22.0 Å². The predicted octanol–water partition coefficient (Wildman–Crippen LogP) is 3.30. The number of Topliss-reactive ketones (excluding diaryl/α,β-unsaturated/α-hetero) is 1. The first-order chi connectivity index (χ1) is 7.21. The van der Waals surface area contributed by atoms with Crippen LogP contribution in [0.2, 0.25) is 0 Å². The number of nitrogens with zero attached hydrogens (tertiary/aromatic N) is 1. The fourth-order valence-electron chi connectivity index (χ4n) is 2.41. The second kappa shape index (κ2) is 3.22. The lowest BCUT2D eigenvalue weighted by Crippen LogP contribution is -2.24. The maximum atomic E-state index is 12.3. The molecule has 2 heterocycles. The molecule has 0 aromatic carbocycles. The van der Waals surface area contributed by atoms with Crippen LogP contribution in [-0.2, 0) is 13.0 Å². The molecule has 16 heavy (non-hydrogen) atoms. The van der Waals surface area contributed by atoms with E-state index in [1.165, 1.54) is 5.69 Å². The highest BCUT2D eigenvalue weighted by atomic mass is 16.1. The number of carbonyl (C=O) groups excluding carboxylic acids is 1. The minimum Gasteiger partial charge on any atom is -0.342 e. The second-order valence-electron chi connectivity index (χ2n) is 6.72. The molecule has 0 spiro atoms. The monoisotopic (exact) mass is 219 g/mol. The van der Waals surface area contributed by atoms with Gasteiger partial charge in [-0.15, -0.1) is 0 Å². The molecular formula is C14H21NO. The highest BCUT2D eigenvalue weighted by molar-refractivity contribution is 5.98. The predicted molar refractivity (Wildman–Crippen MR) is 65.7 cm³/mol. The molecule has 0 amide bonds. The van der Waals surface area contributed by atoms with Crippen molar-refractivity contribution in [3.05, 3.63) is 23.5 Å². The van der Waals surface area contributed by atoms with Crippen molar-refractivity contribution in [1.29, 1.82) is 0 Å². The van der Waals surface area contributed by atoms with Crippen molar-refractivity contribution >= 4 is 5.78 Å². The average Bonchev–Trinajstić information content (AvgIpc) is 2.56. The van der Waals surface area contributed by atoms with Gasteiger partial charge >= 0.3 is 0 Å². The maximum Gasteiger partial charge on any atom is 0.184 e. The van der Waals surface area contributed by atoms with Crippen LogP contribution in [0.25, 0.3) is 0 Å². The Kier molecular flexibility index (Phi) is 2.30. The summed E-state index contributed by atoms with van der Waals surface area (Å²) in [7, 11) is 0. The number of aromatic nitrogens is 1. The normalized spacial score (nSPS) is 18.6. The first-order valence-electron chi connectivity index (χ1n) is 5.94. The van der Waals surface area contributed by atoms with Gasteiger partial charge in [0.05, 0.1) is 5.69 Å². The number of hydrogen-bond acceptors (Lipinski definition) is 1. The third-order valence-corrected chi connectivity index (χ3v) is 3.23. The van der Waals surface area contributed by atoms with Gasteiger partial charge in [0.15, 0.2) is 5.78 Å². The Hall–Kier alpha value is -1.05. The molecule has 0 bridgehead atoms. The van der Waals surface area contributed by atoms with E-state index in [9.17, 15) is 4.79 Å². The minimum atomic E-state index is -0.290. The zero-order valence-electron chi connectivity index (χ0n) is 10.9. The summed E-state index contributed by atoms with van der Waals surface area (Å²) in [5.41, 5.74) is 2.19. The second-order valence-corrected chi connectivity index (χ2v) is 6.72. The Morgan fingerprint density at radius 3 is 2.50 bits per heavy atom. The van der Waals surface area contributed by atoms with Gasteiger partial charge in [-0.1, -0.05) is 34.6 Å². The van der Waals surface area contributed by atoms with E-state index in [1.807, 2.05) is 26.8 Å². The first-order valence-corrected chi connectivity index (χ1v) is 5.94. The lowest BCUT2D eigenvalue weighted by atomic mass is 9.88. The Labute approximate surface area is 97.7 Å². The van der Waals surface area contributed by atoms with Crippen molar-refractivity contribution in [2.24, 2.45) is 10.8 Å². The summed E-state index contributed by atoms with van der Waals surface area (Å²) in [5, 5.41) is 0. The van der Waals surface area contributed by atoms with Crippen LogP contribution in [0.3, 0.4) is 0 Å². The van der Waals surface area contributed by atoms with Gasteiger partial charge in [0.1, 0.15) is 0 Å². The molecule has 1 aliphatic rings. The Balaban J connectivity index is 2.38. The van der Waals surface area contributed by atoms with Crippen LogP contribution >= 0.6 is 0 Å². The van der Waals surface area contributed by atoms with E-state index in [-0.39, 0.29) is 11.2 Å². The maximum absolute atomic E-state index is 12.3. The molecule has 1 aromatic heterocycles. The van der Waals surface area contributed by atoms with Crippen molar-refractivity contribution in [3.63, 3.8) is 0 Å². The van der Waals surface area contributed by atoms with Crippen molar-refractivity contribution in [2.45, 2.75) is 47.6 Å². The molecule has 2 heteroatoms. The van der Waals surface area contributed by atoms with E-state index in [0.29, 0.717) is 5.41 Å². The summed E-state index contributed by atoms with van der Waals surface area (Å²) in [6.45, 7) is 11.4. The molecule has 0 saturated heterocycles. The van der Waals surface area contributed by atoms with Crippen LogP contribution in [0.4, 0.5) is 0 Å². The van der Waals surface area contributed by atoms with E-state index in [0.717, 1.165) is 18.7 Å². The molecule has 0 aliphatic carbocycles. The van der Waals surface area contributed by atoms with E-state index in [4.69, 9.17) is 0 Å². The summed E-state index contributed by atoms with van der Waals surface area (Å²) in [5.74, 6) is 0.247. The minimum absolute atomic E-state index is 0.247. The quantitative estimate of drug-likeness (QED) is 0.664. The van der Waals surface area contributed by atoms with E-state index < -0.39 is 0 Å². The molecule has 1 aliphatic heterocycles. The van der Waals surface area contributed by atoms with Crippen molar-refractivity contribution < 1.29 is 4.79 Å². The third-order valence-electron chi connectivity index (χ3n) is 3.23. The fraction of sp³-hybridized carbons (Fsp3) is 0.643. The van der Waals surface area contributed by atoms with Gasteiger partial charge in [0.2, 0.25) is 0 Å². The zero-order valence-corrected chi connectivity index (χ0v) is 10.9. The van der Waals surface area contributed by atoms with Gasteiger partial charge in [-0.2, -0.15) is 0 Å². The van der Waals surface area contributed by atoms with E-state index in [2.05, 4.69) is 24.5 Å². The summed E-state index contributed by atoms with van der Waals surface area (Å²) in [6.07, 6.45) is 1.07. The van der Waals surface area contributed by atoms with Gasteiger partial charge in [0, 0.05) is 17.7 Å². The number of ketones is 1. The van der Waals surface area contributed by atoms with Crippen molar-refractivity contribution in [3.8, 4) is 0 Å². The molecule has 0 fully saturated rings. The zero-order chi connectivity index (χ0) is 12.1. The molecule has 0 atom stereocenters. The van der Waals surface area contributed by atoms with E-state index >= 15 is 0 Å². The SMILES string of the molecule is CC1(C)Cc2ccc(C(=O)C(C)(C)C)n2C1. The van der Waals surface area contributed by atoms with Crippen LogP contribution in [0.15, 0.2) is 12.1 Å². The standard InChI is InChI=1S/C14H21NO/c1-13(2,3)12(16)11-7-6-10-8-14(4,5)9-15(10)11/h6-7H,8-9H2,1-5H3. The summed E-state index contributed by atoms with van der Waals surface area (Å²) < 4.78 is 2.20. The molecule has 1 aromatic rings. The number of carbonyl (C=O) groups is 1. The largest absolute Gasteiger partial charge is 0.342 e. The Bertz CT molecular complexity index is 432. The molecule has 0 saturated carbocycles. The number of hydrogen-bond donors (Lipinski definition) is 0. The average molecular weight is 219 g/mol. The van der Waals surface area contributed by atoms with Gasteiger partial charge in [0.25, 0.3) is 0 Å². The Morgan fingerprint density at radius 2 is 1.94 bits per heavy atom. The van der Waals surface area contributed by atoms with Crippen molar-refractivity contribution in [1.82, 2.24) is 4.57 Å². The van der Waals surface area contributed by atoms with Gasteiger partial charge < -0.3 is 4.57 Å². The van der Waals surface area contributed by atoms with Crippen LogP contribution in [0.5, 0.6) is 0 Å². The van der Waals surface area contributed by atoms with Crippen molar-refractivity contribution in [2.75, 3.05) is 0 Å². The van der Waals surface area contributed by atoms with Gasteiger partial charge in [-0.25, -0.2) is 0 Å². The fourth-order valence-corrected chi connectivity index (χ4v) is 2.41. The number of rotatable bonds is 1. The highest BCUT2D eigenvalue weighted by Crippen LogP contribution is 2.34. The third kappa shape index (κ3) is 1.81. The molecule has 0 N–H and O–H groups in total.